The zero-order chi connectivity index (χ0) is 13.7. The molecule has 1 aromatic rings. The molecule has 18 heavy (non-hydrogen) atoms. The number of aryl methyl sites for hydroxylation is 1. The molecular formula is C10H13N3O5. The number of nitrogens with one attached hydrogen (secondary N) is 2. The fourth-order valence-electron chi connectivity index (χ4n) is 1.29. The highest BCUT2D eigenvalue weighted by atomic mass is 16.5. The number of H-pyrrole nitrogens is 1. The first-order valence-electron chi connectivity index (χ1n) is 5.19. The molecule has 1 rings (SSSR count). The first-order chi connectivity index (χ1) is 8.45. The Bertz CT molecular complexity index is 480. The van der Waals surface area contributed by atoms with Gasteiger partial charge in [-0.05, 0) is 13.8 Å². The van der Waals surface area contributed by atoms with Crippen molar-refractivity contribution in [3.63, 3.8) is 0 Å². The van der Waals surface area contributed by atoms with Gasteiger partial charge in [0.15, 0.2) is 5.82 Å². The van der Waals surface area contributed by atoms with E-state index < -0.39 is 24.3 Å². The van der Waals surface area contributed by atoms with Crippen molar-refractivity contribution in [1.82, 2.24) is 10.2 Å². The van der Waals surface area contributed by atoms with Crippen molar-refractivity contribution in [2.24, 2.45) is 0 Å². The highest BCUT2D eigenvalue weighted by Crippen LogP contribution is 2.17. The third-order valence-electron chi connectivity index (χ3n) is 2.00. The van der Waals surface area contributed by atoms with E-state index in [2.05, 4.69) is 15.5 Å². The van der Waals surface area contributed by atoms with Gasteiger partial charge in [-0.2, -0.15) is 5.10 Å². The number of aliphatic carboxylic acids is 1. The quantitative estimate of drug-likeness (QED) is 0.514. The second-order valence-electron chi connectivity index (χ2n) is 3.41. The van der Waals surface area contributed by atoms with E-state index in [0.717, 1.165) is 0 Å². The molecule has 1 aromatic heterocycles. The SMILES string of the molecule is CCOC(=O)c1c(NC(=O)CC(=O)O)n[nH]c1C. The van der Waals surface area contributed by atoms with Gasteiger partial charge >= 0.3 is 11.9 Å². The van der Waals surface area contributed by atoms with Gasteiger partial charge < -0.3 is 15.2 Å². The standard InChI is InChI=1S/C10H13N3O5/c1-3-18-10(17)8-5(2)12-13-9(8)11-6(14)4-7(15)16/h3-4H2,1-2H3,(H,15,16)(H2,11,12,13,14). The van der Waals surface area contributed by atoms with Crippen LogP contribution in [0.15, 0.2) is 0 Å². The summed E-state index contributed by atoms with van der Waals surface area (Å²) < 4.78 is 4.80. The first-order valence-corrected chi connectivity index (χ1v) is 5.19. The van der Waals surface area contributed by atoms with Crippen molar-refractivity contribution in [2.45, 2.75) is 20.3 Å². The molecule has 0 aromatic carbocycles. The topological polar surface area (TPSA) is 121 Å². The number of aromatic amines is 1. The van der Waals surface area contributed by atoms with Gasteiger partial charge in [0.25, 0.3) is 0 Å². The normalized spacial score (nSPS) is 9.89. The van der Waals surface area contributed by atoms with Crippen molar-refractivity contribution in [2.75, 3.05) is 11.9 Å². The van der Waals surface area contributed by atoms with Crippen LogP contribution in [0.2, 0.25) is 0 Å². The lowest BCUT2D eigenvalue weighted by atomic mass is 10.2. The number of anilines is 1. The highest BCUT2D eigenvalue weighted by Gasteiger charge is 2.21. The molecule has 98 valence electrons. The van der Waals surface area contributed by atoms with E-state index in [4.69, 9.17) is 9.84 Å². The predicted octanol–water partition coefficient (Wildman–Crippen LogP) is 0.308. The second-order valence-corrected chi connectivity index (χ2v) is 3.41. The van der Waals surface area contributed by atoms with Crippen LogP contribution in [0.5, 0.6) is 0 Å². The van der Waals surface area contributed by atoms with Gasteiger partial charge in [0, 0.05) is 5.69 Å². The Balaban J connectivity index is 2.87. The van der Waals surface area contributed by atoms with Crippen LogP contribution in [0.4, 0.5) is 5.82 Å². The summed E-state index contributed by atoms with van der Waals surface area (Å²) in [7, 11) is 0. The number of carboxylic acid groups (broad SMARTS) is 1. The Morgan fingerprint density at radius 3 is 2.67 bits per heavy atom. The average Bonchev–Trinajstić information content (AvgIpc) is 2.58. The van der Waals surface area contributed by atoms with E-state index in [1.807, 2.05) is 0 Å². The molecule has 0 fully saturated rings. The summed E-state index contributed by atoms with van der Waals surface area (Å²) in [6, 6.07) is 0. The maximum atomic E-state index is 11.6. The Morgan fingerprint density at radius 1 is 1.44 bits per heavy atom. The zero-order valence-electron chi connectivity index (χ0n) is 9.94. The lowest BCUT2D eigenvalue weighted by Gasteiger charge is -2.04. The summed E-state index contributed by atoms with van der Waals surface area (Å²) in [6.07, 6.45) is -0.700. The Hall–Kier alpha value is -2.38. The van der Waals surface area contributed by atoms with Gasteiger partial charge in [0.05, 0.1) is 6.61 Å². The molecule has 0 aliphatic heterocycles. The van der Waals surface area contributed by atoms with Crippen molar-refractivity contribution in [1.29, 1.82) is 0 Å². The van der Waals surface area contributed by atoms with Crippen LogP contribution in [0, 0.1) is 6.92 Å². The molecule has 8 nitrogen and oxygen atoms in total. The summed E-state index contributed by atoms with van der Waals surface area (Å²) in [6.45, 7) is 3.42. The number of hydrogen-bond donors (Lipinski definition) is 3. The number of esters is 1. The number of hydrogen-bond acceptors (Lipinski definition) is 5. The minimum absolute atomic E-state index is 0.0304. The molecule has 3 N–H and O–H groups in total. The molecule has 0 unspecified atom stereocenters. The summed E-state index contributed by atoms with van der Waals surface area (Å²) in [5, 5.41) is 16.9. The van der Waals surface area contributed by atoms with E-state index in [1.165, 1.54) is 0 Å². The number of carboxylic acids is 1. The van der Waals surface area contributed by atoms with E-state index in [-0.39, 0.29) is 18.0 Å². The van der Waals surface area contributed by atoms with E-state index in [9.17, 15) is 14.4 Å². The molecule has 0 aliphatic rings. The maximum Gasteiger partial charge on any atom is 0.343 e. The fraction of sp³-hybridized carbons (Fsp3) is 0.400. The number of rotatable bonds is 5. The minimum atomic E-state index is -1.27. The molecule has 1 heterocycles. The van der Waals surface area contributed by atoms with Crippen LogP contribution >= 0.6 is 0 Å². The predicted molar refractivity (Wildman–Crippen MR) is 60.2 cm³/mol. The molecule has 8 heteroatoms. The van der Waals surface area contributed by atoms with Crippen LogP contribution in [-0.2, 0) is 14.3 Å². The van der Waals surface area contributed by atoms with Crippen LogP contribution in [-0.4, -0.2) is 39.8 Å². The third-order valence-corrected chi connectivity index (χ3v) is 2.00. The number of ether oxygens (including phenoxy) is 1. The zero-order valence-corrected chi connectivity index (χ0v) is 9.94. The van der Waals surface area contributed by atoms with Crippen LogP contribution in [0.25, 0.3) is 0 Å². The summed E-state index contributed by atoms with van der Waals surface area (Å²) in [5.41, 5.74) is 0.523. The molecule has 1 amide bonds. The van der Waals surface area contributed by atoms with Gasteiger partial charge in [-0.15, -0.1) is 0 Å². The fourth-order valence-corrected chi connectivity index (χ4v) is 1.29. The number of carbonyl (C=O) groups excluding carboxylic acids is 2. The number of amides is 1. The molecule has 0 spiro atoms. The monoisotopic (exact) mass is 255 g/mol. The lowest BCUT2D eigenvalue weighted by molar-refractivity contribution is -0.139. The van der Waals surface area contributed by atoms with Gasteiger partial charge in [-0.1, -0.05) is 0 Å². The molecule has 0 bridgehead atoms. The van der Waals surface area contributed by atoms with Gasteiger partial charge in [0.2, 0.25) is 5.91 Å². The largest absolute Gasteiger partial charge is 0.481 e. The summed E-state index contributed by atoms with van der Waals surface area (Å²) >= 11 is 0. The molecule has 0 aliphatic carbocycles. The van der Waals surface area contributed by atoms with Crippen molar-refractivity contribution in [3.8, 4) is 0 Å². The molecule has 0 radical (unpaired) electrons. The molecule has 0 saturated carbocycles. The third kappa shape index (κ3) is 3.30. The molecular weight excluding hydrogens is 242 g/mol. The number of carbonyl (C=O) groups is 3. The lowest BCUT2D eigenvalue weighted by Crippen LogP contribution is -2.18. The van der Waals surface area contributed by atoms with E-state index in [0.29, 0.717) is 5.69 Å². The van der Waals surface area contributed by atoms with Gasteiger partial charge in [0.1, 0.15) is 12.0 Å². The average molecular weight is 255 g/mol. The Kier molecular flexibility index (Phi) is 4.41. The van der Waals surface area contributed by atoms with Crippen molar-refractivity contribution in [3.05, 3.63) is 11.3 Å². The minimum Gasteiger partial charge on any atom is -0.481 e. The van der Waals surface area contributed by atoms with Crippen molar-refractivity contribution < 1.29 is 24.2 Å². The Labute approximate surface area is 102 Å². The van der Waals surface area contributed by atoms with Crippen LogP contribution < -0.4 is 5.32 Å². The molecule has 0 atom stereocenters. The van der Waals surface area contributed by atoms with Crippen LogP contribution in [0.1, 0.15) is 29.4 Å². The maximum absolute atomic E-state index is 11.6. The highest BCUT2D eigenvalue weighted by molar-refractivity contribution is 6.05. The summed E-state index contributed by atoms with van der Waals surface area (Å²) in [5.74, 6) is -2.69. The Morgan fingerprint density at radius 2 is 2.11 bits per heavy atom. The second kappa shape index (κ2) is 5.80. The van der Waals surface area contributed by atoms with E-state index in [1.54, 1.807) is 13.8 Å². The van der Waals surface area contributed by atoms with Crippen LogP contribution in [0.3, 0.4) is 0 Å². The smallest absolute Gasteiger partial charge is 0.343 e. The summed E-state index contributed by atoms with van der Waals surface area (Å²) in [4.78, 5) is 33.2. The number of nitrogens with zero attached hydrogens (tertiary/aromatic N) is 1. The molecule has 0 saturated heterocycles. The first kappa shape index (κ1) is 13.7. The van der Waals surface area contributed by atoms with Gasteiger partial charge in [-0.3, -0.25) is 14.7 Å². The van der Waals surface area contributed by atoms with Crippen molar-refractivity contribution >= 4 is 23.7 Å². The van der Waals surface area contributed by atoms with E-state index >= 15 is 0 Å². The van der Waals surface area contributed by atoms with Gasteiger partial charge in [-0.25, -0.2) is 4.79 Å². The number of aromatic nitrogens is 2.